The molecule has 1 aliphatic heterocycles. The second-order valence-corrected chi connectivity index (χ2v) is 8.04. The van der Waals surface area contributed by atoms with Crippen LogP contribution in [0.15, 0.2) is 41.5 Å². The molecule has 0 unspecified atom stereocenters. The molecule has 2 aromatic carbocycles. The van der Waals surface area contributed by atoms with Crippen LogP contribution in [0.5, 0.6) is 11.5 Å². The van der Waals surface area contributed by atoms with Gasteiger partial charge < -0.3 is 29.6 Å². The van der Waals surface area contributed by atoms with Crippen molar-refractivity contribution in [2.24, 2.45) is 5.73 Å². The Hall–Kier alpha value is -4.38. The summed E-state index contributed by atoms with van der Waals surface area (Å²) in [6.07, 6.45) is 4.23. The van der Waals surface area contributed by atoms with Gasteiger partial charge in [-0.15, -0.1) is 5.10 Å². The van der Waals surface area contributed by atoms with Crippen LogP contribution in [0.3, 0.4) is 0 Å². The summed E-state index contributed by atoms with van der Waals surface area (Å²) in [7, 11) is 0. The van der Waals surface area contributed by atoms with Gasteiger partial charge in [0, 0.05) is 42.1 Å². The summed E-state index contributed by atoms with van der Waals surface area (Å²) in [5, 5.41) is 5.60. The number of ether oxygens (including phenoxy) is 2. The first-order chi connectivity index (χ1) is 16.5. The summed E-state index contributed by atoms with van der Waals surface area (Å²) in [6.45, 7) is 2.68. The monoisotopic (exact) mass is 460 g/mol. The number of fused-ring (bicyclic) bond motifs is 4. The van der Waals surface area contributed by atoms with Gasteiger partial charge in [-0.2, -0.15) is 0 Å². The Morgan fingerprint density at radius 2 is 2.03 bits per heavy atom. The van der Waals surface area contributed by atoms with E-state index in [1.807, 2.05) is 22.9 Å². The highest BCUT2D eigenvalue weighted by molar-refractivity contribution is 5.99. The van der Waals surface area contributed by atoms with E-state index in [-0.39, 0.29) is 18.0 Å². The van der Waals surface area contributed by atoms with Crippen LogP contribution in [-0.4, -0.2) is 43.8 Å². The average Bonchev–Trinajstić information content (AvgIpc) is 3.51. The zero-order valence-corrected chi connectivity index (χ0v) is 18.2. The van der Waals surface area contributed by atoms with E-state index in [0.29, 0.717) is 52.1 Å². The quantitative estimate of drug-likeness (QED) is 0.406. The van der Waals surface area contributed by atoms with Crippen molar-refractivity contribution in [2.75, 3.05) is 13.3 Å². The third-order valence-corrected chi connectivity index (χ3v) is 5.80. The maximum atomic E-state index is 13.1. The van der Waals surface area contributed by atoms with Crippen molar-refractivity contribution in [2.45, 2.75) is 19.9 Å². The number of aryl methyl sites for hydroxylation is 1. The van der Waals surface area contributed by atoms with Gasteiger partial charge in [0.1, 0.15) is 11.2 Å². The first-order valence-electron chi connectivity index (χ1n) is 10.8. The molecule has 3 N–H and O–H groups in total. The van der Waals surface area contributed by atoms with Crippen molar-refractivity contribution in [3.8, 4) is 22.8 Å². The number of carbonyl (C=O) groups is 1. The van der Waals surface area contributed by atoms with Crippen LogP contribution in [0.2, 0.25) is 0 Å². The number of hydrogen-bond donors (Lipinski definition) is 2. The number of carbonyl (C=O) groups excluding carboxylic acids is 1. The summed E-state index contributed by atoms with van der Waals surface area (Å²) in [4.78, 5) is 38.4. The van der Waals surface area contributed by atoms with Gasteiger partial charge in [0.15, 0.2) is 11.5 Å². The van der Waals surface area contributed by atoms with Crippen LogP contribution in [-0.2, 0) is 11.3 Å². The Labute approximate surface area is 191 Å². The number of benzene rings is 2. The minimum absolute atomic E-state index is 0.154. The van der Waals surface area contributed by atoms with Gasteiger partial charge in [-0.3, -0.25) is 4.79 Å². The molecule has 172 valence electrons. The van der Waals surface area contributed by atoms with E-state index in [2.05, 4.69) is 10.1 Å². The van der Waals surface area contributed by atoms with Crippen molar-refractivity contribution in [1.29, 1.82) is 0 Å². The zero-order valence-electron chi connectivity index (χ0n) is 18.2. The van der Waals surface area contributed by atoms with Crippen molar-refractivity contribution < 1.29 is 19.1 Å². The predicted molar refractivity (Wildman–Crippen MR) is 124 cm³/mol. The number of rotatable bonds is 5. The van der Waals surface area contributed by atoms with Gasteiger partial charge in [0.25, 0.3) is 5.56 Å². The number of H-pyrrole nitrogens is 1. The van der Waals surface area contributed by atoms with E-state index in [4.69, 9.17) is 25.0 Å². The molecule has 11 nitrogen and oxygen atoms in total. The predicted octanol–water partition coefficient (Wildman–Crippen LogP) is 1.95. The van der Waals surface area contributed by atoms with E-state index in [9.17, 15) is 9.59 Å². The van der Waals surface area contributed by atoms with E-state index in [0.717, 1.165) is 22.2 Å². The average molecular weight is 460 g/mol. The number of aromatic nitrogens is 5. The van der Waals surface area contributed by atoms with Crippen molar-refractivity contribution in [3.63, 3.8) is 0 Å². The van der Waals surface area contributed by atoms with Crippen LogP contribution in [0.25, 0.3) is 44.1 Å². The molecule has 0 bridgehead atoms. The van der Waals surface area contributed by atoms with Gasteiger partial charge in [-0.25, -0.2) is 9.78 Å². The van der Waals surface area contributed by atoms with Gasteiger partial charge in [0.2, 0.25) is 6.79 Å². The molecule has 11 heteroatoms. The van der Waals surface area contributed by atoms with Crippen molar-refractivity contribution in [1.82, 2.24) is 24.5 Å². The molecule has 0 amide bonds. The molecule has 0 atom stereocenters. The van der Waals surface area contributed by atoms with E-state index >= 15 is 0 Å². The lowest BCUT2D eigenvalue weighted by Crippen LogP contribution is -2.17. The minimum atomic E-state index is -0.496. The Bertz CT molecular complexity index is 1660. The number of nitrogens with one attached hydrogen (secondary N) is 1. The molecular formula is C23H20N6O5. The van der Waals surface area contributed by atoms with Crippen LogP contribution in [0.1, 0.15) is 13.3 Å². The summed E-state index contributed by atoms with van der Waals surface area (Å²) in [5.74, 6) is 0.784. The Morgan fingerprint density at radius 3 is 2.82 bits per heavy atom. The van der Waals surface area contributed by atoms with Crippen LogP contribution in [0.4, 0.5) is 0 Å². The second kappa shape index (κ2) is 7.59. The Balaban J connectivity index is 1.57. The maximum absolute atomic E-state index is 13.1. The van der Waals surface area contributed by atoms with Crippen molar-refractivity contribution >= 4 is 38.8 Å². The maximum Gasteiger partial charge on any atom is 0.331 e. The highest BCUT2D eigenvalue weighted by Crippen LogP contribution is 2.40. The molecular weight excluding hydrogens is 440 g/mol. The van der Waals surface area contributed by atoms with Crippen molar-refractivity contribution in [3.05, 3.63) is 47.0 Å². The van der Waals surface area contributed by atoms with Gasteiger partial charge in [0.05, 0.1) is 22.7 Å². The third-order valence-electron chi connectivity index (χ3n) is 5.80. The standard InChI is InChI=1S/C23H20N6O5/c1-12(30)34-29-18-7-17-16(5-13(18)9-25-29)27-23(31)22(26-17)15-10-28(4-2-3-24)19-8-21-20(6-14(15)19)32-11-33-21/h5-10H,2-4,11,24H2,1H3,(H,27,31). The number of hydrogen-bond acceptors (Lipinski definition) is 8. The Kier molecular flexibility index (Phi) is 4.52. The molecule has 4 heterocycles. The van der Waals surface area contributed by atoms with Crippen LogP contribution < -0.4 is 25.6 Å². The minimum Gasteiger partial charge on any atom is -0.454 e. The van der Waals surface area contributed by atoms with Gasteiger partial charge in [-0.05, 0) is 31.2 Å². The van der Waals surface area contributed by atoms with Gasteiger partial charge >= 0.3 is 5.97 Å². The number of nitrogens with two attached hydrogens (primary N) is 1. The lowest BCUT2D eigenvalue weighted by atomic mass is 10.1. The molecule has 3 aromatic heterocycles. The topological polar surface area (TPSA) is 139 Å². The summed E-state index contributed by atoms with van der Waals surface area (Å²) in [5.41, 5.74) is 8.87. The van der Waals surface area contributed by atoms with E-state index in [1.165, 1.54) is 6.92 Å². The zero-order chi connectivity index (χ0) is 23.4. The molecule has 34 heavy (non-hydrogen) atoms. The highest BCUT2D eigenvalue weighted by atomic mass is 16.7. The number of nitrogens with zero attached hydrogens (tertiary/aromatic N) is 4. The summed E-state index contributed by atoms with van der Waals surface area (Å²) >= 11 is 0. The van der Waals surface area contributed by atoms with Gasteiger partial charge in [-0.1, -0.05) is 4.85 Å². The lowest BCUT2D eigenvalue weighted by molar-refractivity contribution is -0.142. The first-order valence-corrected chi connectivity index (χ1v) is 10.8. The smallest absolute Gasteiger partial charge is 0.331 e. The molecule has 5 aromatic rings. The van der Waals surface area contributed by atoms with E-state index in [1.54, 1.807) is 18.3 Å². The molecule has 0 fully saturated rings. The molecule has 0 spiro atoms. The fourth-order valence-electron chi connectivity index (χ4n) is 4.28. The second-order valence-electron chi connectivity index (χ2n) is 8.04. The molecule has 0 aliphatic carbocycles. The molecule has 0 radical (unpaired) electrons. The summed E-state index contributed by atoms with van der Waals surface area (Å²) in [6, 6.07) is 7.26. The molecule has 1 aliphatic rings. The summed E-state index contributed by atoms with van der Waals surface area (Å²) < 4.78 is 13.2. The van der Waals surface area contributed by atoms with Crippen LogP contribution in [0, 0.1) is 0 Å². The number of aromatic amines is 1. The fraction of sp³-hybridized carbons (Fsp3) is 0.217. The van der Waals surface area contributed by atoms with Crippen LogP contribution >= 0.6 is 0 Å². The normalized spacial score (nSPS) is 12.8. The molecule has 0 saturated heterocycles. The fourth-order valence-corrected chi connectivity index (χ4v) is 4.28. The SMILES string of the molecule is CC(=O)On1ncc2cc3[nH]c(=O)c(-c4cn(CCCN)c5cc6c(cc45)OCO6)nc3cc21. The third kappa shape index (κ3) is 3.17. The molecule has 6 rings (SSSR count). The highest BCUT2D eigenvalue weighted by Gasteiger charge is 2.21. The lowest BCUT2D eigenvalue weighted by Gasteiger charge is -2.05. The Morgan fingerprint density at radius 1 is 1.21 bits per heavy atom. The molecule has 0 saturated carbocycles. The largest absolute Gasteiger partial charge is 0.454 e. The first kappa shape index (κ1) is 20.2. The van der Waals surface area contributed by atoms with E-state index < -0.39 is 5.97 Å².